The van der Waals surface area contributed by atoms with Crippen LogP contribution in [0.15, 0.2) is 53.4 Å². The molecule has 0 aromatic heterocycles. The third kappa shape index (κ3) is 2.63. The minimum absolute atomic E-state index is 0.0852. The molecule has 100 valence electrons. The van der Waals surface area contributed by atoms with Gasteiger partial charge in [0, 0.05) is 12.7 Å². The van der Waals surface area contributed by atoms with Gasteiger partial charge in [-0.15, -0.1) is 0 Å². The molecule has 2 rings (SSSR count). The average molecular weight is 278 g/mol. The van der Waals surface area contributed by atoms with E-state index in [9.17, 15) is 13.5 Å². The summed E-state index contributed by atoms with van der Waals surface area (Å²) in [5, 5.41) is 9.21. The highest BCUT2D eigenvalue weighted by Gasteiger charge is 2.20. The van der Waals surface area contributed by atoms with Crippen molar-refractivity contribution in [2.75, 3.05) is 17.1 Å². The Balaban J connectivity index is 2.39. The summed E-state index contributed by atoms with van der Waals surface area (Å²) in [5.41, 5.74) is 6.51. The Morgan fingerprint density at radius 3 is 2.05 bits per heavy atom. The fraction of sp³-hybridized carbons (Fsp3) is 0.0769. The SMILES string of the molecule is CN(c1ccc(O)cc1)S(=O)(=O)c1ccc(N)cc1. The topological polar surface area (TPSA) is 83.6 Å². The van der Waals surface area contributed by atoms with E-state index in [0.29, 0.717) is 11.4 Å². The van der Waals surface area contributed by atoms with Crippen LogP contribution in [0.4, 0.5) is 11.4 Å². The highest BCUT2D eigenvalue weighted by molar-refractivity contribution is 7.92. The van der Waals surface area contributed by atoms with Crippen LogP contribution in [0, 0.1) is 0 Å². The van der Waals surface area contributed by atoms with Crippen molar-refractivity contribution < 1.29 is 13.5 Å². The molecule has 0 amide bonds. The molecule has 3 N–H and O–H groups in total. The lowest BCUT2D eigenvalue weighted by Crippen LogP contribution is -2.26. The zero-order chi connectivity index (χ0) is 14.0. The van der Waals surface area contributed by atoms with Gasteiger partial charge in [0.05, 0.1) is 10.6 Å². The van der Waals surface area contributed by atoms with Crippen LogP contribution < -0.4 is 10.0 Å². The average Bonchev–Trinajstić information content (AvgIpc) is 2.39. The van der Waals surface area contributed by atoms with Crippen molar-refractivity contribution in [3.05, 3.63) is 48.5 Å². The fourth-order valence-corrected chi connectivity index (χ4v) is 2.79. The van der Waals surface area contributed by atoms with E-state index in [1.807, 2.05) is 0 Å². The number of nitrogen functional groups attached to an aromatic ring is 1. The van der Waals surface area contributed by atoms with Gasteiger partial charge in [-0.1, -0.05) is 0 Å². The van der Waals surface area contributed by atoms with Gasteiger partial charge in [-0.05, 0) is 48.5 Å². The normalized spacial score (nSPS) is 11.2. The number of nitrogens with two attached hydrogens (primary N) is 1. The minimum atomic E-state index is -3.63. The van der Waals surface area contributed by atoms with Crippen molar-refractivity contribution in [1.29, 1.82) is 0 Å². The number of hydrogen-bond acceptors (Lipinski definition) is 4. The Bertz CT molecular complexity index is 664. The largest absolute Gasteiger partial charge is 0.508 e. The van der Waals surface area contributed by atoms with E-state index in [4.69, 9.17) is 5.73 Å². The molecule has 0 saturated heterocycles. The second-order valence-corrected chi connectivity index (χ2v) is 6.03. The van der Waals surface area contributed by atoms with Gasteiger partial charge in [0.15, 0.2) is 0 Å². The number of nitrogens with zero attached hydrogens (tertiary/aromatic N) is 1. The molecular weight excluding hydrogens is 264 g/mol. The van der Waals surface area contributed by atoms with E-state index in [-0.39, 0.29) is 10.6 Å². The summed E-state index contributed by atoms with van der Waals surface area (Å²) in [7, 11) is -2.17. The molecule has 0 bridgehead atoms. The molecule has 2 aromatic rings. The molecule has 0 atom stereocenters. The number of hydrogen-bond donors (Lipinski definition) is 2. The number of phenolic OH excluding ortho intramolecular Hbond substituents is 1. The first-order valence-corrected chi connectivity index (χ1v) is 6.99. The van der Waals surface area contributed by atoms with Crippen molar-refractivity contribution in [2.45, 2.75) is 4.90 Å². The van der Waals surface area contributed by atoms with Gasteiger partial charge in [0.2, 0.25) is 0 Å². The van der Waals surface area contributed by atoms with E-state index < -0.39 is 10.0 Å². The number of sulfonamides is 1. The molecular formula is C13H14N2O3S. The van der Waals surface area contributed by atoms with Crippen molar-refractivity contribution in [3.63, 3.8) is 0 Å². The summed E-state index contributed by atoms with van der Waals surface area (Å²) >= 11 is 0. The summed E-state index contributed by atoms with van der Waals surface area (Å²) in [5.74, 6) is 0.0852. The van der Waals surface area contributed by atoms with Gasteiger partial charge in [-0.25, -0.2) is 8.42 Å². The molecule has 6 heteroatoms. The van der Waals surface area contributed by atoms with Crippen LogP contribution in [-0.4, -0.2) is 20.6 Å². The first kappa shape index (κ1) is 13.2. The molecule has 0 saturated carbocycles. The number of phenols is 1. The predicted octanol–water partition coefficient (Wildman–Crippen LogP) is 1.80. The standard InChI is InChI=1S/C13H14N2O3S/c1-15(11-4-6-12(16)7-5-11)19(17,18)13-8-2-10(14)3-9-13/h2-9,16H,14H2,1H3. The van der Waals surface area contributed by atoms with Crippen molar-refractivity contribution in [1.82, 2.24) is 0 Å². The minimum Gasteiger partial charge on any atom is -0.508 e. The summed E-state index contributed by atoms with van der Waals surface area (Å²) < 4.78 is 25.9. The zero-order valence-electron chi connectivity index (χ0n) is 10.3. The van der Waals surface area contributed by atoms with Crippen LogP contribution in [0.5, 0.6) is 5.75 Å². The molecule has 0 unspecified atom stereocenters. The van der Waals surface area contributed by atoms with E-state index in [2.05, 4.69) is 0 Å². The quantitative estimate of drug-likeness (QED) is 0.838. The summed E-state index contributed by atoms with van der Waals surface area (Å²) in [6.07, 6.45) is 0. The van der Waals surface area contributed by atoms with Gasteiger partial charge in [0.1, 0.15) is 5.75 Å². The molecule has 2 aromatic carbocycles. The van der Waals surface area contributed by atoms with Crippen LogP contribution in [0.2, 0.25) is 0 Å². The lowest BCUT2D eigenvalue weighted by molar-refractivity contribution is 0.475. The van der Waals surface area contributed by atoms with Crippen molar-refractivity contribution >= 4 is 21.4 Å². The van der Waals surface area contributed by atoms with Crippen LogP contribution in [0.25, 0.3) is 0 Å². The molecule has 0 heterocycles. The molecule has 5 nitrogen and oxygen atoms in total. The highest BCUT2D eigenvalue weighted by Crippen LogP contribution is 2.24. The first-order valence-electron chi connectivity index (χ1n) is 5.55. The number of anilines is 2. The molecule has 0 aliphatic rings. The zero-order valence-corrected chi connectivity index (χ0v) is 11.1. The Kier molecular flexibility index (Phi) is 3.35. The van der Waals surface area contributed by atoms with Gasteiger partial charge < -0.3 is 10.8 Å². The molecule has 0 fully saturated rings. The molecule has 0 aliphatic heterocycles. The van der Waals surface area contributed by atoms with Gasteiger partial charge >= 0.3 is 0 Å². The molecule has 0 aliphatic carbocycles. The first-order chi connectivity index (χ1) is 8.91. The maximum atomic E-state index is 12.4. The number of aromatic hydroxyl groups is 1. The summed E-state index contributed by atoms with van der Waals surface area (Å²) in [4.78, 5) is 0.164. The van der Waals surface area contributed by atoms with Crippen LogP contribution in [0.3, 0.4) is 0 Å². The van der Waals surface area contributed by atoms with Gasteiger partial charge in [-0.3, -0.25) is 4.31 Å². The Labute approximate surface area is 112 Å². The fourth-order valence-electron chi connectivity index (χ4n) is 1.60. The van der Waals surface area contributed by atoms with E-state index in [1.165, 1.54) is 55.6 Å². The van der Waals surface area contributed by atoms with Gasteiger partial charge in [-0.2, -0.15) is 0 Å². The Hall–Kier alpha value is -2.21. The van der Waals surface area contributed by atoms with Crippen LogP contribution >= 0.6 is 0 Å². The number of rotatable bonds is 3. The Morgan fingerprint density at radius 1 is 1.00 bits per heavy atom. The predicted molar refractivity (Wildman–Crippen MR) is 74.6 cm³/mol. The number of benzene rings is 2. The second kappa shape index (κ2) is 4.81. The van der Waals surface area contributed by atoms with Gasteiger partial charge in [0.25, 0.3) is 10.0 Å². The molecule has 0 radical (unpaired) electrons. The maximum absolute atomic E-state index is 12.4. The third-order valence-electron chi connectivity index (χ3n) is 2.75. The van der Waals surface area contributed by atoms with Crippen molar-refractivity contribution in [2.24, 2.45) is 0 Å². The Morgan fingerprint density at radius 2 is 1.53 bits per heavy atom. The van der Waals surface area contributed by atoms with Crippen LogP contribution in [0.1, 0.15) is 0 Å². The molecule has 0 spiro atoms. The summed E-state index contributed by atoms with van der Waals surface area (Å²) in [6, 6.07) is 11.9. The maximum Gasteiger partial charge on any atom is 0.264 e. The van der Waals surface area contributed by atoms with E-state index in [1.54, 1.807) is 0 Å². The van der Waals surface area contributed by atoms with Crippen LogP contribution in [-0.2, 0) is 10.0 Å². The lowest BCUT2D eigenvalue weighted by atomic mass is 10.3. The molecule has 19 heavy (non-hydrogen) atoms. The van der Waals surface area contributed by atoms with Crippen molar-refractivity contribution in [3.8, 4) is 5.75 Å². The highest BCUT2D eigenvalue weighted by atomic mass is 32.2. The smallest absolute Gasteiger partial charge is 0.264 e. The van der Waals surface area contributed by atoms with E-state index in [0.717, 1.165) is 4.31 Å². The summed E-state index contributed by atoms with van der Waals surface area (Å²) in [6.45, 7) is 0. The second-order valence-electron chi connectivity index (χ2n) is 4.06. The third-order valence-corrected chi connectivity index (χ3v) is 4.55. The van der Waals surface area contributed by atoms with E-state index >= 15 is 0 Å². The monoisotopic (exact) mass is 278 g/mol. The lowest BCUT2D eigenvalue weighted by Gasteiger charge is -2.19.